The number of phenolic OH excluding ortho intramolecular Hbond substituents is 1. The minimum atomic E-state index is -0.683. The Morgan fingerprint density at radius 2 is 1.51 bits per heavy atom. The number of methoxy groups -OCH3 is 1. The van der Waals surface area contributed by atoms with E-state index in [0.717, 1.165) is 123 Å². The quantitative estimate of drug-likeness (QED) is 0.0634. The zero-order valence-corrected chi connectivity index (χ0v) is 38.0. The summed E-state index contributed by atoms with van der Waals surface area (Å²) in [6, 6.07) is 26.3. The molecule has 1 saturated carbocycles. The number of esters is 1. The van der Waals surface area contributed by atoms with Crippen LogP contribution in [0.1, 0.15) is 155 Å². The number of halogens is 1. The maximum Gasteiger partial charge on any atom is 0.306 e. The zero-order valence-electron chi connectivity index (χ0n) is 37.3. The van der Waals surface area contributed by atoms with Crippen LogP contribution in [0.15, 0.2) is 84.9 Å². The van der Waals surface area contributed by atoms with Crippen LogP contribution in [0.4, 0.5) is 0 Å². The average molecular weight is 876 g/mol. The van der Waals surface area contributed by atoms with Crippen LogP contribution in [0.3, 0.4) is 0 Å². The molecule has 0 aliphatic heterocycles. The van der Waals surface area contributed by atoms with E-state index < -0.39 is 6.10 Å². The van der Waals surface area contributed by atoms with Crippen molar-refractivity contribution in [1.82, 2.24) is 0 Å². The Labute approximate surface area is 380 Å². The number of carbonyl (C=O) groups is 3. The van der Waals surface area contributed by atoms with Crippen molar-refractivity contribution in [1.29, 1.82) is 0 Å². The van der Waals surface area contributed by atoms with Crippen molar-refractivity contribution in [3.05, 3.63) is 123 Å². The number of ketones is 2. The number of aliphatic hydroxyl groups excluding tert-OH is 1. The van der Waals surface area contributed by atoms with E-state index in [2.05, 4.69) is 48.5 Å². The molecule has 3 unspecified atom stereocenters. The molecule has 2 N–H and O–H groups in total. The van der Waals surface area contributed by atoms with Gasteiger partial charge < -0.3 is 19.7 Å². The summed E-state index contributed by atoms with van der Waals surface area (Å²) in [5.74, 6) is 1.76. The maximum absolute atomic E-state index is 13.0. The summed E-state index contributed by atoms with van der Waals surface area (Å²) >= 11 is 6.79. The van der Waals surface area contributed by atoms with Crippen LogP contribution in [0.5, 0.6) is 11.5 Å². The topological polar surface area (TPSA) is 110 Å². The highest BCUT2D eigenvalue weighted by Crippen LogP contribution is 2.35. The fourth-order valence-electron chi connectivity index (χ4n) is 9.51. The Balaban J connectivity index is 0.869. The van der Waals surface area contributed by atoms with Crippen molar-refractivity contribution in [2.45, 2.75) is 153 Å². The van der Waals surface area contributed by atoms with Gasteiger partial charge in [0.25, 0.3) is 0 Å². The summed E-state index contributed by atoms with van der Waals surface area (Å²) in [6.07, 6.45) is 19.9. The van der Waals surface area contributed by atoms with Crippen LogP contribution in [-0.2, 0) is 44.8 Å². The van der Waals surface area contributed by atoms with E-state index in [0.29, 0.717) is 68.1 Å². The molecule has 0 amide bonds. The number of benzene rings is 4. The molecular weight excluding hydrogens is 808 g/mol. The first-order chi connectivity index (χ1) is 30.7. The third-order valence-electron chi connectivity index (χ3n) is 13.1. The van der Waals surface area contributed by atoms with Crippen molar-refractivity contribution in [2.75, 3.05) is 7.11 Å². The van der Waals surface area contributed by atoms with Gasteiger partial charge >= 0.3 is 5.97 Å². The van der Waals surface area contributed by atoms with E-state index in [9.17, 15) is 24.6 Å². The predicted molar refractivity (Wildman–Crippen MR) is 253 cm³/mol. The minimum absolute atomic E-state index is 0.0365. The number of carbonyl (C=O) groups excluding carboxylic acids is 3. The number of phenols is 1. The van der Waals surface area contributed by atoms with Gasteiger partial charge in [0.2, 0.25) is 0 Å². The maximum atomic E-state index is 13.0. The smallest absolute Gasteiger partial charge is 0.306 e. The molecule has 0 bridgehead atoms. The van der Waals surface area contributed by atoms with Crippen LogP contribution in [-0.4, -0.2) is 41.0 Å². The normalized spacial score (nSPS) is 17.2. The second-order valence-electron chi connectivity index (χ2n) is 17.7. The van der Waals surface area contributed by atoms with Gasteiger partial charge in [0.1, 0.15) is 23.4 Å². The highest BCUT2D eigenvalue weighted by molar-refractivity contribution is 6.31. The third kappa shape index (κ3) is 14.7. The molecule has 336 valence electrons. The molecule has 0 radical (unpaired) electrons. The van der Waals surface area contributed by atoms with Crippen LogP contribution < -0.4 is 4.74 Å². The van der Waals surface area contributed by atoms with Gasteiger partial charge in [0.15, 0.2) is 5.78 Å². The van der Waals surface area contributed by atoms with Crippen molar-refractivity contribution in [3.63, 3.8) is 0 Å². The molecule has 0 spiro atoms. The summed E-state index contributed by atoms with van der Waals surface area (Å²) < 4.78 is 11.8. The summed E-state index contributed by atoms with van der Waals surface area (Å²) in [5.41, 5.74) is 8.04. The van der Waals surface area contributed by atoms with E-state index in [4.69, 9.17) is 21.1 Å². The molecule has 0 heterocycles. The predicted octanol–water partition coefficient (Wildman–Crippen LogP) is 13.1. The van der Waals surface area contributed by atoms with Crippen LogP contribution in [0.2, 0.25) is 5.02 Å². The van der Waals surface area contributed by atoms with E-state index in [1.54, 1.807) is 31.4 Å². The number of aryl methyl sites for hydroxylation is 3. The molecule has 0 aromatic heterocycles. The van der Waals surface area contributed by atoms with Crippen molar-refractivity contribution >= 4 is 35.2 Å². The van der Waals surface area contributed by atoms with E-state index in [1.807, 2.05) is 18.2 Å². The Kier molecular flexibility index (Phi) is 18.9. The summed E-state index contributed by atoms with van der Waals surface area (Å²) in [7, 11) is 1.68. The van der Waals surface area contributed by atoms with Crippen LogP contribution in [0.25, 0.3) is 17.2 Å². The monoisotopic (exact) mass is 874 g/mol. The number of fused-ring (bicyclic) bond motifs is 1. The molecule has 7 nitrogen and oxygen atoms in total. The molecule has 2 aliphatic carbocycles. The summed E-state index contributed by atoms with van der Waals surface area (Å²) in [5, 5.41) is 22.3. The first-order valence-corrected chi connectivity index (χ1v) is 24.0. The highest BCUT2D eigenvalue weighted by Gasteiger charge is 2.22. The number of rotatable bonds is 21. The number of allylic oxidation sites excluding steroid dienone is 1. The van der Waals surface area contributed by atoms with Crippen LogP contribution >= 0.6 is 11.6 Å². The molecule has 0 saturated heterocycles. The molecule has 2 aliphatic rings. The molecule has 4 aromatic rings. The number of Topliss-reactive ketones (excluding diaryl/α,β-unsaturated/α-hetero) is 1. The Morgan fingerprint density at radius 1 is 0.746 bits per heavy atom. The Hall–Kier alpha value is -4.72. The summed E-state index contributed by atoms with van der Waals surface area (Å²) in [4.78, 5) is 38.0. The number of aliphatic hydroxyl groups is 1. The molecule has 63 heavy (non-hydrogen) atoms. The first kappa shape index (κ1) is 47.8. The van der Waals surface area contributed by atoms with Gasteiger partial charge in [-0.05, 0) is 159 Å². The lowest BCUT2D eigenvalue weighted by atomic mass is 9.86. The second kappa shape index (κ2) is 24.9. The number of hydrogen-bond donors (Lipinski definition) is 2. The third-order valence-corrected chi connectivity index (χ3v) is 13.5. The lowest BCUT2D eigenvalue weighted by Crippen LogP contribution is -2.21. The molecule has 8 heteroatoms. The van der Waals surface area contributed by atoms with Gasteiger partial charge in [0, 0.05) is 36.3 Å². The van der Waals surface area contributed by atoms with E-state index in [1.165, 1.54) is 16.7 Å². The van der Waals surface area contributed by atoms with Gasteiger partial charge in [-0.15, -0.1) is 0 Å². The molecule has 1 fully saturated rings. The van der Waals surface area contributed by atoms with Crippen molar-refractivity contribution in [3.8, 4) is 22.6 Å². The van der Waals surface area contributed by atoms with Gasteiger partial charge in [0.05, 0.1) is 13.2 Å². The van der Waals surface area contributed by atoms with Crippen molar-refractivity contribution in [2.24, 2.45) is 5.92 Å². The first-order valence-electron chi connectivity index (χ1n) is 23.6. The fraction of sp³-hybridized carbons (Fsp3) is 0.473. The minimum Gasteiger partial charge on any atom is -0.508 e. The van der Waals surface area contributed by atoms with Gasteiger partial charge in [-0.25, -0.2) is 0 Å². The number of unbranched alkanes of at least 4 members (excludes halogenated alkanes) is 2. The van der Waals surface area contributed by atoms with Crippen LogP contribution in [0, 0.1) is 5.92 Å². The number of ether oxygens (including phenoxy) is 2. The SMILES string of the molecule is COc1cc(CCCC(=O)CCC2CCCCC(OC(=O)CCCc3ccccc3-c3ccccc3)CC2)c(Cl)cc1CCCCCC(O)c1ccc(O)c2c1C=CC(=O)CCC2. The average Bonchev–Trinajstić information content (AvgIpc) is 3.27. The zero-order chi connectivity index (χ0) is 44.4. The summed E-state index contributed by atoms with van der Waals surface area (Å²) in [6.45, 7) is 0. The van der Waals surface area contributed by atoms with Gasteiger partial charge in [-0.3, -0.25) is 14.4 Å². The molecule has 3 atom stereocenters. The standard InChI is InChI=1S/C55H67ClO7/c1-62-54-38-42(51(56)37-43(54)19-6-3-7-27-52(59)50-35-36-53(60)49-26-14-23-45(58)32-34-48(49)50)21-12-22-44(57)31-29-39-15-8-10-24-46(33-30-39)63-55(61)28-13-20-41-18-9-11-25-47(41)40-16-4-2-5-17-40/h2,4-5,9,11,16-18,25,32,34-39,46,52,59-60H,3,6-8,10,12-15,19-24,26-31,33H2,1H3. The number of hydrogen-bond acceptors (Lipinski definition) is 7. The lowest BCUT2D eigenvalue weighted by Gasteiger charge is -2.25. The largest absolute Gasteiger partial charge is 0.508 e. The molecule has 4 aromatic carbocycles. The fourth-order valence-corrected chi connectivity index (χ4v) is 9.79. The van der Waals surface area contributed by atoms with Crippen molar-refractivity contribution < 1.29 is 34.1 Å². The molecule has 6 rings (SSSR count). The Morgan fingerprint density at radius 3 is 2.35 bits per heavy atom. The Bertz CT molecular complexity index is 2140. The second-order valence-corrected chi connectivity index (χ2v) is 18.1. The molecular formula is C55H67ClO7. The lowest BCUT2D eigenvalue weighted by molar-refractivity contribution is -0.150. The van der Waals surface area contributed by atoms with Gasteiger partial charge in [-0.1, -0.05) is 104 Å². The highest BCUT2D eigenvalue weighted by atomic mass is 35.5. The number of aromatic hydroxyl groups is 1. The van der Waals surface area contributed by atoms with E-state index in [-0.39, 0.29) is 23.6 Å². The van der Waals surface area contributed by atoms with E-state index >= 15 is 0 Å². The van der Waals surface area contributed by atoms with Gasteiger partial charge in [-0.2, -0.15) is 0 Å².